The number of esters is 2. The Morgan fingerprint density at radius 1 is 1.12 bits per heavy atom. The fourth-order valence-corrected chi connectivity index (χ4v) is 0.898. The van der Waals surface area contributed by atoms with Crippen molar-refractivity contribution in [3.63, 3.8) is 0 Å². The van der Waals surface area contributed by atoms with Crippen LogP contribution in [0.15, 0.2) is 24.8 Å². The highest BCUT2D eigenvalue weighted by Crippen LogP contribution is 1.95. The number of carbonyl (C=O) groups excluding carboxylic acids is 2. The Hall–Kier alpha value is -1.58. The average Bonchev–Trinajstić information content (AvgIpc) is 2.29. The molecule has 16 heavy (non-hydrogen) atoms. The van der Waals surface area contributed by atoms with Crippen LogP contribution in [-0.2, 0) is 19.1 Å². The number of rotatable bonds is 8. The maximum atomic E-state index is 11.0. The van der Waals surface area contributed by atoms with Crippen molar-refractivity contribution >= 4 is 11.9 Å². The summed E-state index contributed by atoms with van der Waals surface area (Å²) >= 11 is 0. The molecule has 0 aromatic heterocycles. The third-order valence-electron chi connectivity index (χ3n) is 1.69. The third kappa shape index (κ3) is 8.99. The molecule has 4 nitrogen and oxygen atoms in total. The number of ether oxygens (including phenoxy) is 2. The molecule has 0 saturated carbocycles. The highest BCUT2D eigenvalue weighted by atomic mass is 16.5. The molecule has 4 heteroatoms. The van der Waals surface area contributed by atoms with Crippen molar-refractivity contribution in [2.24, 2.45) is 0 Å². The van der Waals surface area contributed by atoms with Gasteiger partial charge in [0.25, 0.3) is 0 Å². The van der Waals surface area contributed by atoms with E-state index in [1.165, 1.54) is 6.08 Å². The minimum Gasteiger partial charge on any atom is -0.463 e. The van der Waals surface area contributed by atoms with Crippen molar-refractivity contribution in [1.82, 2.24) is 0 Å². The van der Waals surface area contributed by atoms with Gasteiger partial charge in [-0.1, -0.05) is 32.4 Å². The van der Waals surface area contributed by atoms with Gasteiger partial charge in [-0.2, -0.15) is 0 Å². The van der Waals surface area contributed by atoms with Crippen molar-refractivity contribution in [2.45, 2.75) is 26.2 Å². The minimum atomic E-state index is -0.578. The van der Waals surface area contributed by atoms with Gasteiger partial charge in [0.2, 0.25) is 0 Å². The summed E-state index contributed by atoms with van der Waals surface area (Å²) in [4.78, 5) is 22.0. The average molecular weight is 226 g/mol. The van der Waals surface area contributed by atoms with Gasteiger partial charge in [-0.25, -0.2) is 9.59 Å². The van der Waals surface area contributed by atoms with Crippen LogP contribution in [0.5, 0.6) is 0 Å². The normalized spacial score (nSPS) is 10.1. The Labute approximate surface area is 95.9 Å². The van der Waals surface area contributed by atoms with E-state index < -0.39 is 11.9 Å². The molecule has 0 aliphatic carbocycles. The SMILES string of the molecule is C=CCOC(=O)C=CC(=O)OCCCCC. The first-order chi connectivity index (χ1) is 7.70. The molecule has 0 bridgehead atoms. The maximum Gasteiger partial charge on any atom is 0.331 e. The van der Waals surface area contributed by atoms with E-state index in [9.17, 15) is 9.59 Å². The standard InChI is InChI=1S/C12H18O4/c1-3-5-6-10-16-12(14)8-7-11(13)15-9-4-2/h4,7-8H,2-3,5-6,9-10H2,1H3. The van der Waals surface area contributed by atoms with Crippen molar-refractivity contribution in [3.8, 4) is 0 Å². The largest absolute Gasteiger partial charge is 0.463 e. The number of carbonyl (C=O) groups is 2. The third-order valence-corrected chi connectivity index (χ3v) is 1.69. The van der Waals surface area contributed by atoms with Gasteiger partial charge in [-0.05, 0) is 6.42 Å². The lowest BCUT2D eigenvalue weighted by Crippen LogP contribution is -2.05. The molecule has 0 aliphatic heterocycles. The maximum absolute atomic E-state index is 11.0. The van der Waals surface area contributed by atoms with Crippen LogP contribution in [0.3, 0.4) is 0 Å². The van der Waals surface area contributed by atoms with Crippen molar-refractivity contribution in [2.75, 3.05) is 13.2 Å². The predicted molar refractivity (Wildman–Crippen MR) is 60.8 cm³/mol. The van der Waals surface area contributed by atoms with E-state index in [1.54, 1.807) is 0 Å². The molecule has 0 heterocycles. The second kappa shape index (κ2) is 9.96. The van der Waals surface area contributed by atoms with Crippen LogP contribution in [0.25, 0.3) is 0 Å². The van der Waals surface area contributed by atoms with Crippen LogP contribution < -0.4 is 0 Å². The number of hydrogen-bond acceptors (Lipinski definition) is 4. The van der Waals surface area contributed by atoms with Crippen LogP contribution >= 0.6 is 0 Å². The molecule has 0 atom stereocenters. The lowest BCUT2D eigenvalue weighted by Gasteiger charge is -2.00. The van der Waals surface area contributed by atoms with Crippen LogP contribution in [0.4, 0.5) is 0 Å². The number of hydrogen-bond donors (Lipinski definition) is 0. The van der Waals surface area contributed by atoms with E-state index in [4.69, 9.17) is 4.74 Å². The summed E-state index contributed by atoms with van der Waals surface area (Å²) in [6.07, 6.45) is 6.51. The van der Waals surface area contributed by atoms with Crippen LogP contribution in [0, 0.1) is 0 Å². The number of unbranched alkanes of at least 4 members (excludes halogenated alkanes) is 2. The van der Waals surface area contributed by atoms with E-state index in [0.29, 0.717) is 6.61 Å². The molecule has 0 unspecified atom stereocenters. The quantitative estimate of drug-likeness (QED) is 0.275. The molecule has 90 valence electrons. The molecule has 0 aliphatic rings. The van der Waals surface area contributed by atoms with Crippen LogP contribution in [0.2, 0.25) is 0 Å². The van der Waals surface area contributed by atoms with Gasteiger partial charge in [0.1, 0.15) is 6.61 Å². The molecule has 0 N–H and O–H groups in total. The predicted octanol–water partition coefficient (Wildman–Crippen LogP) is 2.01. The molecular weight excluding hydrogens is 208 g/mol. The summed E-state index contributed by atoms with van der Waals surface area (Å²) in [5.74, 6) is -1.10. The summed E-state index contributed by atoms with van der Waals surface area (Å²) in [7, 11) is 0. The van der Waals surface area contributed by atoms with E-state index in [1.807, 2.05) is 0 Å². The zero-order valence-corrected chi connectivity index (χ0v) is 9.61. The lowest BCUT2D eigenvalue weighted by atomic mass is 10.3. The molecule has 0 aromatic rings. The Morgan fingerprint density at radius 2 is 1.75 bits per heavy atom. The Kier molecular flexibility index (Phi) is 8.97. The van der Waals surface area contributed by atoms with Crippen molar-refractivity contribution in [1.29, 1.82) is 0 Å². The summed E-state index contributed by atoms with van der Waals surface area (Å²) in [5, 5.41) is 0. The highest BCUT2D eigenvalue weighted by Gasteiger charge is 1.99. The molecule has 0 saturated heterocycles. The Balaban J connectivity index is 3.64. The molecule has 0 fully saturated rings. The van der Waals surface area contributed by atoms with Gasteiger partial charge in [0, 0.05) is 12.2 Å². The van der Waals surface area contributed by atoms with E-state index in [-0.39, 0.29) is 6.61 Å². The molecule has 0 aromatic carbocycles. The summed E-state index contributed by atoms with van der Waals surface area (Å²) in [6, 6.07) is 0. The first-order valence-electron chi connectivity index (χ1n) is 5.33. The van der Waals surface area contributed by atoms with E-state index in [2.05, 4.69) is 18.2 Å². The minimum absolute atomic E-state index is 0.134. The van der Waals surface area contributed by atoms with Gasteiger partial charge in [-0.15, -0.1) is 0 Å². The molecule has 0 amide bonds. The Bertz CT molecular complexity index is 256. The zero-order valence-electron chi connectivity index (χ0n) is 9.61. The summed E-state index contributed by atoms with van der Waals surface area (Å²) in [6.45, 7) is 5.98. The topological polar surface area (TPSA) is 52.6 Å². The molecule has 0 spiro atoms. The second-order valence-electron chi connectivity index (χ2n) is 3.13. The zero-order chi connectivity index (χ0) is 12.2. The molecule has 0 radical (unpaired) electrons. The second-order valence-corrected chi connectivity index (χ2v) is 3.13. The van der Waals surface area contributed by atoms with Crippen LogP contribution in [0.1, 0.15) is 26.2 Å². The van der Waals surface area contributed by atoms with Crippen molar-refractivity contribution < 1.29 is 19.1 Å². The van der Waals surface area contributed by atoms with E-state index >= 15 is 0 Å². The summed E-state index contributed by atoms with van der Waals surface area (Å²) in [5.41, 5.74) is 0. The van der Waals surface area contributed by atoms with Gasteiger partial charge < -0.3 is 9.47 Å². The van der Waals surface area contributed by atoms with Gasteiger partial charge in [0.05, 0.1) is 6.61 Å². The van der Waals surface area contributed by atoms with Crippen LogP contribution in [-0.4, -0.2) is 25.2 Å². The Morgan fingerprint density at radius 3 is 2.31 bits per heavy atom. The van der Waals surface area contributed by atoms with Gasteiger partial charge >= 0.3 is 11.9 Å². The smallest absolute Gasteiger partial charge is 0.331 e. The monoisotopic (exact) mass is 226 g/mol. The summed E-state index contributed by atoms with van der Waals surface area (Å²) < 4.78 is 9.48. The highest BCUT2D eigenvalue weighted by molar-refractivity contribution is 5.91. The first kappa shape index (κ1) is 14.4. The van der Waals surface area contributed by atoms with Gasteiger partial charge in [-0.3, -0.25) is 0 Å². The fraction of sp³-hybridized carbons (Fsp3) is 0.500. The van der Waals surface area contributed by atoms with E-state index in [0.717, 1.165) is 31.4 Å². The first-order valence-corrected chi connectivity index (χ1v) is 5.33. The molecule has 0 rings (SSSR count). The molecular formula is C12H18O4. The fourth-order valence-electron chi connectivity index (χ4n) is 0.898. The van der Waals surface area contributed by atoms with Crippen molar-refractivity contribution in [3.05, 3.63) is 24.8 Å². The van der Waals surface area contributed by atoms with Gasteiger partial charge in [0.15, 0.2) is 0 Å². The lowest BCUT2D eigenvalue weighted by molar-refractivity contribution is -0.140.